The van der Waals surface area contributed by atoms with Crippen LogP contribution in [0.25, 0.3) is 11.1 Å². The highest BCUT2D eigenvalue weighted by molar-refractivity contribution is 6.31. The third-order valence-electron chi connectivity index (χ3n) is 4.39. The van der Waals surface area contributed by atoms with Crippen LogP contribution in [-0.4, -0.2) is 44.3 Å². The molecule has 0 aliphatic carbocycles. The van der Waals surface area contributed by atoms with Crippen molar-refractivity contribution in [2.24, 2.45) is 0 Å². The Labute approximate surface area is 151 Å². The molecule has 1 aliphatic rings. The number of halogens is 2. The number of amides is 1. The van der Waals surface area contributed by atoms with E-state index in [-0.39, 0.29) is 11.1 Å². The average molecular weight is 363 g/mol. The fourth-order valence-corrected chi connectivity index (χ4v) is 3.17. The van der Waals surface area contributed by atoms with Crippen molar-refractivity contribution < 1.29 is 13.9 Å². The molecule has 6 heteroatoms. The van der Waals surface area contributed by atoms with Crippen LogP contribution in [0.4, 0.5) is 14.9 Å². The maximum absolute atomic E-state index is 13.4. The summed E-state index contributed by atoms with van der Waals surface area (Å²) in [6.07, 6.45) is 0.346. The number of likely N-dealkylation sites (tertiary alicyclic amines) is 1. The number of carbonyl (C=O) groups is 1. The highest BCUT2D eigenvalue weighted by Gasteiger charge is 2.25. The minimum absolute atomic E-state index is 0.0477. The predicted octanol–water partition coefficient (Wildman–Crippen LogP) is 4.42. The van der Waals surface area contributed by atoms with Gasteiger partial charge in [-0.25, -0.2) is 9.18 Å². The first kappa shape index (κ1) is 17.7. The van der Waals surface area contributed by atoms with Crippen LogP contribution in [-0.2, 0) is 4.74 Å². The molecule has 1 fully saturated rings. The number of hydrogen-bond donors (Lipinski definition) is 0. The summed E-state index contributed by atoms with van der Waals surface area (Å²) in [5, 5.41) is 0.0477. The molecule has 0 spiro atoms. The minimum atomic E-state index is -0.471. The van der Waals surface area contributed by atoms with Crippen molar-refractivity contribution >= 4 is 23.4 Å². The maximum atomic E-state index is 13.4. The maximum Gasteiger partial charge on any atom is 0.414 e. The number of ether oxygens (including phenoxy) is 1. The van der Waals surface area contributed by atoms with E-state index in [1.165, 1.54) is 11.0 Å². The summed E-state index contributed by atoms with van der Waals surface area (Å²) in [7, 11) is 3.68. The second-order valence-electron chi connectivity index (χ2n) is 6.26. The van der Waals surface area contributed by atoms with E-state index in [1.54, 1.807) is 19.2 Å². The van der Waals surface area contributed by atoms with Crippen molar-refractivity contribution in [2.45, 2.75) is 12.5 Å². The summed E-state index contributed by atoms with van der Waals surface area (Å²) in [5.41, 5.74) is 2.20. The van der Waals surface area contributed by atoms with Crippen LogP contribution in [0.1, 0.15) is 6.42 Å². The SMILES string of the molecule is CN1CCC(OC(=O)N(C)c2ccccc2-c2ccc(F)c(Cl)c2)C1. The van der Waals surface area contributed by atoms with Gasteiger partial charge in [0.25, 0.3) is 0 Å². The Hall–Kier alpha value is -2.11. The fraction of sp³-hybridized carbons (Fsp3) is 0.316. The van der Waals surface area contributed by atoms with E-state index in [1.807, 2.05) is 31.3 Å². The molecule has 1 amide bonds. The minimum Gasteiger partial charge on any atom is -0.444 e. The number of para-hydroxylation sites is 1. The van der Waals surface area contributed by atoms with Crippen molar-refractivity contribution in [1.29, 1.82) is 0 Å². The van der Waals surface area contributed by atoms with Crippen molar-refractivity contribution in [3.8, 4) is 11.1 Å². The van der Waals surface area contributed by atoms with Gasteiger partial charge >= 0.3 is 6.09 Å². The standard InChI is InChI=1S/C19H20ClFN2O2/c1-22-10-9-14(12-22)25-19(24)23(2)18-6-4-3-5-15(18)13-7-8-17(21)16(20)11-13/h3-8,11,14H,9-10,12H2,1-2H3. The first-order chi connectivity index (χ1) is 12.0. The molecular weight excluding hydrogens is 343 g/mol. The molecule has 2 aromatic rings. The molecule has 1 aliphatic heterocycles. The molecule has 0 bridgehead atoms. The number of likely N-dealkylation sites (N-methyl/N-ethyl adjacent to an activating group) is 1. The lowest BCUT2D eigenvalue weighted by Crippen LogP contribution is -2.32. The van der Waals surface area contributed by atoms with Gasteiger partial charge in [0, 0.05) is 25.7 Å². The number of carbonyl (C=O) groups excluding carboxylic acids is 1. The normalized spacial score (nSPS) is 17.5. The lowest BCUT2D eigenvalue weighted by Gasteiger charge is -2.22. The molecular formula is C19H20ClFN2O2. The summed E-state index contributed by atoms with van der Waals surface area (Å²) < 4.78 is 19.0. The molecule has 1 atom stereocenters. The number of nitrogens with zero attached hydrogens (tertiary/aromatic N) is 2. The van der Waals surface area contributed by atoms with Gasteiger partial charge in [-0.1, -0.05) is 35.9 Å². The first-order valence-corrected chi connectivity index (χ1v) is 8.51. The Balaban J connectivity index is 1.84. The van der Waals surface area contributed by atoms with Crippen molar-refractivity contribution in [2.75, 3.05) is 32.1 Å². The lowest BCUT2D eigenvalue weighted by atomic mass is 10.0. The number of rotatable bonds is 3. The van der Waals surface area contributed by atoms with Crippen LogP contribution < -0.4 is 4.90 Å². The molecule has 1 unspecified atom stereocenters. The first-order valence-electron chi connectivity index (χ1n) is 8.13. The highest BCUT2D eigenvalue weighted by atomic mass is 35.5. The Bertz CT molecular complexity index is 784. The summed E-state index contributed by atoms with van der Waals surface area (Å²) in [6.45, 7) is 1.67. The topological polar surface area (TPSA) is 32.8 Å². The molecule has 25 heavy (non-hydrogen) atoms. The lowest BCUT2D eigenvalue weighted by molar-refractivity contribution is 0.110. The summed E-state index contributed by atoms with van der Waals surface area (Å²) in [6, 6.07) is 11.9. The Morgan fingerprint density at radius 2 is 2.08 bits per heavy atom. The van der Waals surface area contributed by atoms with Crippen LogP contribution in [0.3, 0.4) is 0 Å². The van der Waals surface area contributed by atoms with Gasteiger partial charge in [-0.3, -0.25) is 4.90 Å². The molecule has 3 rings (SSSR count). The molecule has 4 nitrogen and oxygen atoms in total. The molecule has 1 heterocycles. The molecule has 0 radical (unpaired) electrons. The van der Waals surface area contributed by atoms with Crippen LogP contribution in [0.5, 0.6) is 0 Å². The highest BCUT2D eigenvalue weighted by Crippen LogP contribution is 2.33. The van der Waals surface area contributed by atoms with E-state index in [0.29, 0.717) is 5.69 Å². The van der Waals surface area contributed by atoms with E-state index in [4.69, 9.17) is 16.3 Å². The monoisotopic (exact) mass is 362 g/mol. The van der Waals surface area contributed by atoms with Crippen LogP contribution in [0.15, 0.2) is 42.5 Å². The van der Waals surface area contributed by atoms with Crippen LogP contribution in [0.2, 0.25) is 5.02 Å². The third-order valence-corrected chi connectivity index (χ3v) is 4.68. The van der Waals surface area contributed by atoms with Gasteiger partial charge in [0.2, 0.25) is 0 Å². The van der Waals surface area contributed by atoms with Gasteiger partial charge in [-0.2, -0.15) is 0 Å². The zero-order chi connectivity index (χ0) is 18.0. The predicted molar refractivity (Wildman–Crippen MR) is 97.6 cm³/mol. The van der Waals surface area contributed by atoms with Crippen molar-refractivity contribution in [1.82, 2.24) is 4.90 Å². The van der Waals surface area contributed by atoms with E-state index < -0.39 is 11.9 Å². The van der Waals surface area contributed by atoms with E-state index >= 15 is 0 Å². The van der Waals surface area contributed by atoms with Crippen LogP contribution >= 0.6 is 11.6 Å². The molecule has 132 valence electrons. The van der Waals surface area contributed by atoms with Crippen LogP contribution in [0, 0.1) is 5.82 Å². The molecule has 2 aromatic carbocycles. The quantitative estimate of drug-likeness (QED) is 0.810. The summed E-state index contributed by atoms with van der Waals surface area (Å²) in [5.74, 6) is -0.471. The molecule has 0 aromatic heterocycles. The third kappa shape index (κ3) is 3.94. The number of benzene rings is 2. The van der Waals surface area contributed by atoms with Gasteiger partial charge in [0.05, 0.1) is 10.7 Å². The number of anilines is 1. The van der Waals surface area contributed by atoms with Gasteiger partial charge in [-0.15, -0.1) is 0 Å². The second-order valence-corrected chi connectivity index (χ2v) is 6.67. The zero-order valence-electron chi connectivity index (χ0n) is 14.2. The van der Waals surface area contributed by atoms with E-state index in [0.717, 1.165) is 30.6 Å². The van der Waals surface area contributed by atoms with Gasteiger partial charge in [-0.05, 0) is 37.2 Å². The Kier molecular flexibility index (Phi) is 5.25. The van der Waals surface area contributed by atoms with E-state index in [2.05, 4.69) is 4.90 Å². The second kappa shape index (κ2) is 7.42. The van der Waals surface area contributed by atoms with Crippen molar-refractivity contribution in [3.63, 3.8) is 0 Å². The summed E-state index contributed by atoms with van der Waals surface area (Å²) >= 11 is 5.90. The molecule has 0 N–H and O–H groups in total. The summed E-state index contributed by atoms with van der Waals surface area (Å²) in [4.78, 5) is 16.1. The largest absolute Gasteiger partial charge is 0.444 e. The van der Waals surface area contributed by atoms with Gasteiger partial charge < -0.3 is 9.64 Å². The smallest absolute Gasteiger partial charge is 0.414 e. The number of hydrogen-bond acceptors (Lipinski definition) is 3. The molecule has 1 saturated heterocycles. The van der Waals surface area contributed by atoms with E-state index in [9.17, 15) is 9.18 Å². The molecule has 0 saturated carbocycles. The fourth-order valence-electron chi connectivity index (χ4n) is 2.98. The zero-order valence-corrected chi connectivity index (χ0v) is 15.0. The Morgan fingerprint density at radius 1 is 1.32 bits per heavy atom. The van der Waals surface area contributed by atoms with Crippen molar-refractivity contribution in [3.05, 3.63) is 53.3 Å². The Morgan fingerprint density at radius 3 is 2.76 bits per heavy atom. The van der Waals surface area contributed by atoms with Gasteiger partial charge in [0.1, 0.15) is 11.9 Å². The van der Waals surface area contributed by atoms with Gasteiger partial charge in [0.15, 0.2) is 0 Å². The average Bonchev–Trinajstić information content (AvgIpc) is 3.01.